The van der Waals surface area contributed by atoms with Gasteiger partial charge in [-0.3, -0.25) is 0 Å². The Morgan fingerprint density at radius 1 is 0.793 bits per heavy atom. The second kappa shape index (κ2) is 12.1. The van der Waals surface area contributed by atoms with Gasteiger partial charge in [-0.2, -0.15) is 0 Å². The molecule has 0 fully saturated rings. The van der Waals surface area contributed by atoms with Gasteiger partial charge in [0.25, 0.3) is 0 Å². The first-order valence-corrected chi connectivity index (χ1v) is 14.2. The van der Waals surface area contributed by atoms with Crippen LogP contribution in [0.2, 0.25) is 0 Å². The number of thiophene rings is 2. The highest BCUT2D eigenvalue weighted by Gasteiger charge is 2.29. The van der Waals surface area contributed by atoms with Gasteiger partial charge in [-0.15, -0.1) is 22.7 Å². The van der Waals surface area contributed by atoms with E-state index >= 15 is 0 Å². The van der Waals surface area contributed by atoms with Crippen LogP contribution in [0.3, 0.4) is 0 Å². The Labute approximate surface area is 196 Å². The van der Waals surface area contributed by atoms with Crippen LogP contribution in [0, 0.1) is 0 Å². The van der Waals surface area contributed by atoms with Crippen molar-refractivity contribution in [2.24, 2.45) is 0 Å². The molecule has 0 saturated carbocycles. The Bertz CT molecular complexity index is 736. The van der Waals surface area contributed by atoms with Gasteiger partial charge in [-0.05, 0) is 70.8 Å². The van der Waals surface area contributed by atoms with Gasteiger partial charge in [0.15, 0.2) is 0 Å². The normalized spacial score (nSPS) is 12.3. The summed E-state index contributed by atoms with van der Waals surface area (Å²) in [6, 6.07) is 5.02. The highest BCUT2D eigenvalue weighted by molar-refractivity contribution is 9.11. The van der Waals surface area contributed by atoms with E-state index in [0.717, 1.165) is 0 Å². The second-order valence-corrected chi connectivity index (χ2v) is 12.8. The zero-order valence-corrected chi connectivity index (χ0v) is 22.7. The molecule has 0 bridgehead atoms. The largest absolute Gasteiger partial charge is 0.144 e. The molecule has 0 aromatic carbocycles. The zero-order chi connectivity index (χ0) is 21.4. The van der Waals surface area contributed by atoms with E-state index in [0.29, 0.717) is 5.92 Å². The molecular weight excluding hydrogens is 456 g/mol. The molecule has 0 amide bonds. The standard InChI is InChI=1S/C26H41BrS2/c1-7-9-11-13-15-20-17-22(28-24(20)19(3)4)26(5,6)23-18-21(25(27)29-23)16-14-12-10-8-2/h17-19H,7-16H2,1-6H3. The van der Waals surface area contributed by atoms with Crippen LogP contribution in [-0.2, 0) is 18.3 Å². The van der Waals surface area contributed by atoms with E-state index in [-0.39, 0.29) is 5.41 Å². The summed E-state index contributed by atoms with van der Waals surface area (Å²) in [6.45, 7) is 14.1. The van der Waals surface area contributed by atoms with E-state index in [1.54, 1.807) is 10.4 Å². The second-order valence-electron chi connectivity index (χ2n) is 9.31. The molecule has 2 aromatic heterocycles. The minimum Gasteiger partial charge on any atom is -0.144 e. The molecule has 0 spiro atoms. The third kappa shape index (κ3) is 6.94. The average molecular weight is 498 g/mol. The predicted molar refractivity (Wildman–Crippen MR) is 138 cm³/mol. The Morgan fingerprint density at radius 3 is 1.86 bits per heavy atom. The van der Waals surface area contributed by atoms with Gasteiger partial charge in [0.2, 0.25) is 0 Å². The molecule has 0 N–H and O–H groups in total. The quantitative estimate of drug-likeness (QED) is 0.241. The first-order valence-electron chi connectivity index (χ1n) is 11.7. The van der Waals surface area contributed by atoms with Crippen molar-refractivity contribution in [2.45, 2.75) is 117 Å². The van der Waals surface area contributed by atoms with E-state index in [4.69, 9.17) is 0 Å². The first kappa shape index (κ1) is 25.1. The minimum atomic E-state index is 0.0881. The number of halogens is 1. The predicted octanol–water partition coefficient (Wildman–Crippen LogP) is 10.3. The van der Waals surface area contributed by atoms with E-state index in [1.807, 2.05) is 11.3 Å². The maximum atomic E-state index is 3.87. The fourth-order valence-corrected chi connectivity index (χ4v) is 7.21. The number of hydrogen-bond acceptors (Lipinski definition) is 2. The number of hydrogen-bond donors (Lipinski definition) is 0. The van der Waals surface area contributed by atoms with Crippen molar-refractivity contribution in [1.29, 1.82) is 0 Å². The monoisotopic (exact) mass is 496 g/mol. The minimum absolute atomic E-state index is 0.0881. The molecule has 0 atom stereocenters. The van der Waals surface area contributed by atoms with Gasteiger partial charge in [0, 0.05) is 20.0 Å². The van der Waals surface area contributed by atoms with Crippen LogP contribution < -0.4 is 0 Å². The van der Waals surface area contributed by atoms with Crippen molar-refractivity contribution in [3.8, 4) is 0 Å². The van der Waals surface area contributed by atoms with Gasteiger partial charge in [0.1, 0.15) is 0 Å². The summed E-state index contributed by atoms with van der Waals surface area (Å²) in [7, 11) is 0. The lowest BCUT2D eigenvalue weighted by atomic mass is 9.88. The van der Waals surface area contributed by atoms with Crippen molar-refractivity contribution in [1.82, 2.24) is 0 Å². The third-order valence-corrected chi connectivity index (χ3v) is 10.0. The number of rotatable bonds is 13. The van der Waals surface area contributed by atoms with E-state index in [2.05, 4.69) is 80.9 Å². The molecule has 0 unspecified atom stereocenters. The lowest BCUT2D eigenvalue weighted by Gasteiger charge is -2.21. The van der Waals surface area contributed by atoms with Gasteiger partial charge >= 0.3 is 0 Å². The summed E-state index contributed by atoms with van der Waals surface area (Å²) >= 11 is 7.88. The van der Waals surface area contributed by atoms with Crippen molar-refractivity contribution < 1.29 is 0 Å². The lowest BCUT2D eigenvalue weighted by Crippen LogP contribution is -2.15. The van der Waals surface area contributed by atoms with Crippen molar-refractivity contribution in [3.05, 3.63) is 41.7 Å². The third-order valence-electron chi connectivity index (χ3n) is 5.95. The lowest BCUT2D eigenvalue weighted by molar-refractivity contribution is 0.655. The molecular formula is C26H41BrS2. The van der Waals surface area contributed by atoms with Gasteiger partial charge in [0.05, 0.1) is 3.79 Å². The summed E-state index contributed by atoms with van der Waals surface area (Å²) in [5, 5.41) is 0. The summed E-state index contributed by atoms with van der Waals surface area (Å²) in [5.74, 6) is 0.620. The molecule has 2 heterocycles. The summed E-state index contributed by atoms with van der Waals surface area (Å²) in [4.78, 5) is 4.65. The molecule has 0 aliphatic rings. The van der Waals surface area contributed by atoms with E-state index in [1.165, 1.54) is 83.3 Å². The Hall–Kier alpha value is -0.120. The highest BCUT2D eigenvalue weighted by atomic mass is 79.9. The molecule has 2 rings (SSSR count). The Balaban J connectivity index is 2.19. The van der Waals surface area contributed by atoms with Crippen molar-refractivity contribution in [2.75, 3.05) is 0 Å². The molecule has 2 aromatic rings. The number of unbranched alkanes of at least 4 members (excludes halogenated alkanes) is 6. The molecule has 0 aliphatic heterocycles. The summed E-state index contributed by atoms with van der Waals surface area (Å²) in [6.07, 6.45) is 13.1. The van der Waals surface area contributed by atoms with Gasteiger partial charge in [-0.1, -0.05) is 80.1 Å². The van der Waals surface area contributed by atoms with Crippen LogP contribution in [0.15, 0.2) is 15.9 Å². The molecule has 0 aliphatic carbocycles. The molecule has 0 radical (unpaired) electrons. The zero-order valence-electron chi connectivity index (χ0n) is 19.5. The summed E-state index contributed by atoms with van der Waals surface area (Å²) < 4.78 is 1.34. The number of aryl methyl sites for hydroxylation is 2. The van der Waals surface area contributed by atoms with Crippen LogP contribution in [0.25, 0.3) is 0 Å². The fourth-order valence-electron chi connectivity index (χ4n) is 3.93. The maximum absolute atomic E-state index is 3.87. The van der Waals surface area contributed by atoms with Crippen molar-refractivity contribution >= 4 is 38.6 Å². The first-order chi connectivity index (χ1) is 13.8. The Kier molecular flexibility index (Phi) is 10.5. The topological polar surface area (TPSA) is 0 Å². The Morgan fingerprint density at radius 2 is 1.31 bits per heavy atom. The molecule has 164 valence electrons. The average Bonchev–Trinajstić information content (AvgIpc) is 3.27. The van der Waals surface area contributed by atoms with Crippen molar-refractivity contribution in [3.63, 3.8) is 0 Å². The molecule has 0 saturated heterocycles. The van der Waals surface area contributed by atoms with Crippen LogP contribution in [0.1, 0.15) is 125 Å². The maximum Gasteiger partial charge on any atom is 0.0733 e. The smallest absolute Gasteiger partial charge is 0.0733 e. The van der Waals surface area contributed by atoms with Crippen LogP contribution in [-0.4, -0.2) is 0 Å². The molecule has 29 heavy (non-hydrogen) atoms. The van der Waals surface area contributed by atoms with Crippen LogP contribution in [0.5, 0.6) is 0 Å². The van der Waals surface area contributed by atoms with Crippen LogP contribution >= 0.6 is 38.6 Å². The molecule has 0 nitrogen and oxygen atoms in total. The SMILES string of the molecule is CCCCCCc1cc(C(C)(C)c2cc(CCCCCC)c(C(C)C)s2)sc1Br. The highest BCUT2D eigenvalue weighted by Crippen LogP contribution is 2.45. The van der Waals surface area contributed by atoms with Gasteiger partial charge in [-0.25, -0.2) is 0 Å². The fraction of sp³-hybridized carbons (Fsp3) is 0.692. The van der Waals surface area contributed by atoms with Crippen LogP contribution in [0.4, 0.5) is 0 Å². The summed E-state index contributed by atoms with van der Waals surface area (Å²) in [5.41, 5.74) is 3.21. The van der Waals surface area contributed by atoms with E-state index < -0.39 is 0 Å². The van der Waals surface area contributed by atoms with E-state index in [9.17, 15) is 0 Å². The molecule has 3 heteroatoms. The van der Waals surface area contributed by atoms with Gasteiger partial charge < -0.3 is 0 Å².